The Kier molecular flexibility index (Phi) is 6.59. The van der Waals surface area contributed by atoms with E-state index in [1.165, 1.54) is 0 Å². The predicted octanol–water partition coefficient (Wildman–Crippen LogP) is 1.84. The van der Waals surface area contributed by atoms with Crippen molar-refractivity contribution in [3.63, 3.8) is 0 Å². The van der Waals surface area contributed by atoms with Crippen LogP contribution in [0.2, 0.25) is 0 Å². The normalized spacial score (nSPS) is 11.7. The minimum Gasteiger partial charge on any atom is -0.356 e. The fraction of sp³-hybridized carbons (Fsp3) is 0.471. The summed E-state index contributed by atoms with van der Waals surface area (Å²) >= 11 is 0. The Hall–Kier alpha value is -2.37. The molecule has 2 aromatic heterocycles. The highest BCUT2D eigenvalue weighted by molar-refractivity contribution is 5.79. The highest BCUT2D eigenvalue weighted by Gasteiger charge is 2.05. The second-order valence-corrected chi connectivity index (χ2v) is 5.81. The SMILES string of the molecule is CN=C(NCCc1ccccn1)NCc1nccn1CC(C)C. The molecule has 0 bridgehead atoms. The number of hydrogen-bond acceptors (Lipinski definition) is 3. The molecule has 2 N–H and O–H groups in total. The number of nitrogens with zero attached hydrogens (tertiary/aromatic N) is 4. The monoisotopic (exact) mass is 314 g/mol. The highest BCUT2D eigenvalue weighted by atomic mass is 15.2. The van der Waals surface area contributed by atoms with Gasteiger partial charge in [-0.3, -0.25) is 9.98 Å². The van der Waals surface area contributed by atoms with Crippen LogP contribution in [0.5, 0.6) is 0 Å². The lowest BCUT2D eigenvalue weighted by Crippen LogP contribution is -2.38. The molecule has 0 spiro atoms. The lowest BCUT2D eigenvalue weighted by Gasteiger charge is -2.14. The molecule has 0 atom stereocenters. The summed E-state index contributed by atoms with van der Waals surface area (Å²) in [6, 6.07) is 5.96. The molecule has 0 unspecified atom stereocenters. The van der Waals surface area contributed by atoms with Crippen LogP contribution in [0.1, 0.15) is 25.4 Å². The summed E-state index contributed by atoms with van der Waals surface area (Å²) in [5.41, 5.74) is 1.07. The van der Waals surface area contributed by atoms with E-state index in [0.717, 1.165) is 37.0 Å². The van der Waals surface area contributed by atoms with Crippen molar-refractivity contribution in [3.8, 4) is 0 Å². The summed E-state index contributed by atoms with van der Waals surface area (Å²) in [5, 5.41) is 6.61. The predicted molar refractivity (Wildman–Crippen MR) is 93.2 cm³/mol. The van der Waals surface area contributed by atoms with Crippen LogP contribution < -0.4 is 10.6 Å². The van der Waals surface area contributed by atoms with Crippen molar-refractivity contribution in [2.24, 2.45) is 10.9 Å². The van der Waals surface area contributed by atoms with E-state index < -0.39 is 0 Å². The van der Waals surface area contributed by atoms with E-state index in [4.69, 9.17) is 0 Å². The summed E-state index contributed by atoms with van der Waals surface area (Å²) in [6.07, 6.45) is 6.55. The number of guanidine groups is 1. The van der Waals surface area contributed by atoms with Crippen molar-refractivity contribution >= 4 is 5.96 Å². The van der Waals surface area contributed by atoms with Crippen molar-refractivity contribution in [1.29, 1.82) is 0 Å². The smallest absolute Gasteiger partial charge is 0.191 e. The molecule has 2 aromatic rings. The first kappa shape index (κ1) is 17.0. The van der Waals surface area contributed by atoms with Gasteiger partial charge in [-0.15, -0.1) is 0 Å². The molecule has 0 aliphatic rings. The zero-order valence-electron chi connectivity index (χ0n) is 14.2. The molecule has 2 heterocycles. The van der Waals surface area contributed by atoms with Crippen molar-refractivity contribution < 1.29 is 0 Å². The maximum absolute atomic E-state index is 4.41. The van der Waals surface area contributed by atoms with Crippen LogP contribution >= 0.6 is 0 Å². The molecule has 0 aliphatic carbocycles. The maximum Gasteiger partial charge on any atom is 0.191 e. The summed E-state index contributed by atoms with van der Waals surface area (Å²) in [7, 11) is 1.77. The molecule has 2 rings (SSSR count). The Balaban J connectivity index is 1.78. The number of aliphatic imine (C=N–C) groups is 1. The van der Waals surface area contributed by atoms with Gasteiger partial charge in [0.25, 0.3) is 0 Å². The minimum atomic E-state index is 0.596. The van der Waals surface area contributed by atoms with Crippen LogP contribution in [0.15, 0.2) is 41.8 Å². The molecule has 6 heteroatoms. The summed E-state index contributed by atoms with van der Waals surface area (Å²) in [5.74, 6) is 2.39. The van der Waals surface area contributed by atoms with Crippen LogP contribution in [0, 0.1) is 5.92 Å². The van der Waals surface area contributed by atoms with Crippen LogP contribution in [-0.2, 0) is 19.5 Å². The summed E-state index contributed by atoms with van der Waals surface area (Å²) < 4.78 is 2.18. The molecule has 0 fully saturated rings. The number of nitrogens with one attached hydrogen (secondary N) is 2. The van der Waals surface area contributed by atoms with E-state index in [2.05, 4.69) is 44.0 Å². The van der Waals surface area contributed by atoms with Gasteiger partial charge in [-0.2, -0.15) is 0 Å². The zero-order chi connectivity index (χ0) is 16.5. The average Bonchev–Trinajstić information content (AvgIpc) is 2.98. The second-order valence-electron chi connectivity index (χ2n) is 5.81. The van der Waals surface area contributed by atoms with Crippen LogP contribution in [0.25, 0.3) is 0 Å². The van der Waals surface area contributed by atoms with Crippen molar-refractivity contribution in [2.75, 3.05) is 13.6 Å². The second kappa shape index (κ2) is 8.92. The minimum absolute atomic E-state index is 0.596. The fourth-order valence-corrected chi connectivity index (χ4v) is 2.31. The topological polar surface area (TPSA) is 67.1 Å². The molecule has 0 aromatic carbocycles. The van der Waals surface area contributed by atoms with Crippen molar-refractivity contribution in [3.05, 3.63) is 48.3 Å². The van der Waals surface area contributed by atoms with Gasteiger partial charge in [0.05, 0.1) is 6.54 Å². The first-order valence-electron chi connectivity index (χ1n) is 8.03. The van der Waals surface area contributed by atoms with E-state index >= 15 is 0 Å². The van der Waals surface area contributed by atoms with Gasteiger partial charge in [0.1, 0.15) is 5.82 Å². The van der Waals surface area contributed by atoms with E-state index in [9.17, 15) is 0 Å². The van der Waals surface area contributed by atoms with E-state index in [1.807, 2.05) is 36.8 Å². The molecule has 124 valence electrons. The number of aromatic nitrogens is 3. The fourth-order valence-electron chi connectivity index (χ4n) is 2.31. The van der Waals surface area contributed by atoms with Crippen molar-refractivity contribution in [1.82, 2.24) is 25.2 Å². The Morgan fingerprint density at radius 2 is 2.09 bits per heavy atom. The Morgan fingerprint density at radius 3 is 2.78 bits per heavy atom. The number of pyridine rings is 1. The number of imidazole rings is 1. The van der Waals surface area contributed by atoms with Crippen LogP contribution in [0.3, 0.4) is 0 Å². The maximum atomic E-state index is 4.41. The Labute approximate surface area is 138 Å². The van der Waals surface area contributed by atoms with Gasteiger partial charge in [-0.1, -0.05) is 19.9 Å². The van der Waals surface area contributed by atoms with Gasteiger partial charge in [0, 0.05) is 50.8 Å². The largest absolute Gasteiger partial charge is 0.356 e. The van der Waals surface area contributed by atoms with Crippen molar-refractivity contribution in [2.45, 2.75) is 33.4 Å². The molecule has 23 heavy (non-hydrogen) atoms. The van der Waals surface area contributed by atoms with E-state index in [-0.39, 0.29) is 0 Å². The van der Waals surface area contributed by atoms with Crippen LogP contribution in [-0.4, -0.2) is 34.1 Å². The van der Waals surface area contributed by atoms with Gasteiger partial charge >= 0.3 is 0 Å². The first-order valence-corrected chi connectivity index (χ1v) is 8.03. The third kappa shape index (κ3) is 5.73. The summed E-state index contributed by atoms with van der Waals surface area (Å²) in [6.45, 7) is 6.83. The van der Waals surface area contributed by atoms with Gasteiger partial charge in [-0.25, -0.2) is 4.98 Å². The third-order valence-electron chi connectivity index (χ3n) is 3.40. The molecule has 6 nitrogen and oxygen atoms in total. The zero-order valence-corrected chi connectivity index (χ0v) is 14.2. The van der Waals surface area contributed by atoms with E-state index in [1.54, 1.807) is 7.05 Å². The molecule has 0 saturated carbocycles. The van der Waals surface area contributed by atoms with Gasteiger partial charge in [0.2, 0.25) is 0 Å². The Morgan fingerprint density at radius 1 is 1.22 bits per heavy atom. The van der Waals surface area contributed by atoms with Gasteiger partial charge < -0.3 is 15.2 Å². The van der Waals surface area contributed by atoms with E-state index in [0.29, 0.717) is 12.5 Å². The molecule has 0 amide bonds. The van der Waals surface area contributed by atoms with Gasteiger partial charge in [-0.05, 0) is 18.1 Å². The lowest BCUT2D eigenvalue weighted by molar-refractivity contribution is 0.503. The average molecular weight is 314 g/mol. The Bertz CT molecular complexity index is 603. The molecule has 0 aliphatic heterocycles. The first-order chi connectivity index (χ1) is 11.2. The van der Waals surface area contributed by atoms with Gasteiger partial charge in [0.15, 0.2) is 5.96 Å². The third-order valence-corrected chi connectivity index (χ3v) is 3.40. The molecular formula is C17H26N6. The molecule has 0 radical (unpaired) electrons. The number of rotatable bonds is 7. The number of hydrogen-bond donors (Lipinski definition) is 2. The summed E-state index contributed by atoms with van der Waals surface area (Å²) in [4.78, 5) is 13.0. The standard InChI is InChI=1S/C17H26N6/c1-14(2)13-23-11-10-20-16(23)12-22-17(18-3)21-9-7-15-6-4-5-8-19-15/h4-6,8,10-11,14H,7,9,12-13H2,1-3H3,(H2,18,21,22). The van der Waals surface area contributed by atoms with Crippen LogP contribution in [0.4, 0.5) is 0 Å². The quantitative estimate of drug-likeness (QED) is 0.604. The highest BCUT2D eigenvalue weighted by Crippen LogP contribution is 2.03. The molecular weight excluding hydrogens is 288 g/mol. The lowest BCUT2D eigenvalue weighted by atomic mass is 10.2. The molecule has 0 saturated heterocycles.